The van der Waals surface area contributed by atoms with Crippen LogP contribution in [0.5, 0.6) is 0 Å². The molecule has 0 spiro atoms. The van der Waals surface area contributed by atoms with E-state index in [1.54, 1.807) is 0 Å². The lowest BCUT2D eigenvalue weighted by molar-refractivity contribution is 0.699. The van der Waals surface area contributed by atoms with Gasteiger partial charge in [-0.05, 0) is 25.1 Å². The Hall–Kier alpha value is -1.38. The van der Waals surface area contributed by atoms with E-state index in [0.29, 0.717) is 6.04 Å². The minimum Gasteiger partial charge on any atom is -0.399 e. The SMILES string of the molecule is CC1CNc2cc(N)ccc2N1C. The Balaban J connectivity index is 2.44. The smallest absolute Gasteiger partial charge is 0.0604 e. The Kier molecular flexibility index (Phi) is 1.79. The summed E-state index contributed by atoms with van der Waals surface area (Å²) in [6, 6.07) is 6.52. The molecule has 0 radical (unpaired) electrons. The monoisotopic (exact) mass is 177 g/mol. The van der Waals surface area contributed by atoms with Crippen LogP contribution in [0.2, 0.25) is 0 Å². The second-order valence-electron chi connectivity index (χ2n) is 3.62. The van der Waals surface area contributed by atoms with Gasteiger partial charge in [0.25, 0.3) is 0 Å². The molecule has 0 aromatic heterocycles. The van der Waals surface area contributed by atoms with Gasteiger partial charge in [-0.3, -0.25) is 0 Å². The summed E-state index contributed by atoms with van der Waals surface area (Å²) in [5, 5.41) is 3.36. The maximum atomic E-state index is 5.70. The van der Waals surface area contributed by atoms with Crippen molar-refractivity contribution in [2.75, 3.05) is 29.5 Å². The van der Waals surface area contributed by atoms with E-state index in [2.05, 4.69) is 30.3 Å². The Morgan fingerprint density at radius 3 is 3.08 bits per heavy atom. The first-order chi connectivity index (χ1) is 6.18. The van der Waals surface area contributed by atoms with Crippen LogP contribution in [-0.4, -0.2) is 19.6 Å². The summed E-state index contributed by atoms with van der Waals surface area (Å²) < 4.78 is 0. The highest BCUT2D eigenvalue weighted by molar-refractivity contribution is 5.75. The van der Waals surface area contributed by atoms with E-state index in [9.17, 15) is 0 Å². The topological polar surface area (TPSA) is 41.3 Å². The number of fused-ring (bicyclic) bond motifs is 1. The second kappa shape index (κ2) is 2.83. The maximum absolute atomic E-state index is 5.70. The fourth-order valence-electron chi connectivity index (χ4n) is 1.63. The molecule has 0 saturated heterocycles. The molecule has 0 aliphatic carbocycles. The Labute approximate surface area is 78.5 Å². The van der Waals surface area contributed by atoms with E-state index in [1.165, 1.54) is 5.69 Å². The van der Waals surface area contributed by atoms with Crippen LogP contribution in [0.15, 0.2) is 18.2 Å². The average molecular weight is 177 g/mol. The third kappa shape index (κ3) is 1.30. The van der Waals surface area contributed by atoms with Crippen LogP contribution >= 0.6 is 0 Å². The van der Waals surface area contributed by atoms with Crippen molar-refractivity contribution >= 4 is 17.1 Å². The average Bonchev–Trinajstić information content (AvgIpc) is 2.12. The van der Waals surface area contributed by atoms with E-state index in [1.807, 2.05) is 12.1 Å². The fraction of sp³-hybridized carbons (Fsp3) is 0.400. The van der Waals surface area contributed by atoms with Gasteiger partial charge in [0.2, 0.25) is 0 Å². The molecule has 1 aromatic carbocycles. The predicted molar refractivity (Wildman–Crippen MR) is 57.2 cm³/mol. The number of benzene rings is 1. The Bertz CT molecular complexity index is 322. The van der Waals surface area contributed by atoms with Crippen molar-refractivity contribution in [2.45, 2.75) is 13.0 Å². The summed E-state index contributed by atoms with van der Waals surface area (Å²) in [4.78, 5) is 2.27. The lowest BCUT2D eigenvalue weighted by Gasteiger charge is -2.34. The molecule has 1 unspecified atom stereocenters. The first kappa shape index (κ1) is 8.23. The van der Waals surface area contributed by atoms with Crippen molar-refractivity contribution in [3.05, 3.63) is 18.2 Å². The van der Waals surface area contributed by atoms with Gasteiger partial charge < -0.3 is 16.0 Å². The van der Waals surface area contributed by atoms with Gasteiger partial charge in [-0.15, -0.1) is 0 Å². The minimum absolute atomic E-state index is 0.538. The van der Waals surface area contributed by atoms with E-state index in [4.69, 9.17) is 5.73 Å². The molecule has 70 valence electrons. The molecule has 3 heteroatoms. The lowest BCUT2D eigenvalue weighted by Crippen LogP contribution is -2.39. The molecule has 0 saturated carbocycles. The number of likely N-dealkylation sites (N-methyl/N-ethyl adjacent to an activating group) is 1. The van der Waals surface area contributed by atoms with Crippen molar-refractivity contribution in [3.8, 4) is 0 Å². The lowest BCUT2D eigenvalue weighted by atomic mass is 10.1. The van der Waals surface area contributed by atoms with Gasteiger partial charge in [0.1, 0.15) is 0 Å². The molecule has 2 rings (SSSR count). The van der Waals surface area contributed by atoms with E-state index in [0.717, 1.165) is 17.9 Å². The van der Waals surface area contributed by atoms with Crippen LogP contribution in [-0.2, 0) is 0 Å². The summed E-state index contributed by atoms with van der Waals surface area (Å²) in [7, 11) is 2.11. The maximum Gasteiger partial charge on any atom is 0.0604 e. The highest BCUT2D eigenvalue weighted by Gasteiger charge is 2.18. The quantitative estimate of drug-likeness (QED) is 0.590. The van der Waals surface area contributed by atoms with Gasteiger partial charge in [-0.1, -0.05) is 0 Å². The summed E-state index contributed by atoms with van der Waals surface area (Å²) in [6.07, 6.45) is 0. The zero-order chi connectivity index (χ0) is 9.42. The van der Waals surface area contributed by atoms with Gasteiger partial charge in [0.15, 0.2) is 0 Å². The summed E-state index contributed by atoms with van der Waals surface area (Å²) in [6.45, 7) is 3.18. The van der Waals surface area contributed by atoms with E-state index >= 15 is 0 Å². The van der Waals surface area contributed by atoms with E-state index in [-0.39, 0.29) is 0 Å². The molecule has 1 atom stereocenters. The number of anilines is 3. The summed E-state index contributed by atoms with van der Waals surface area (Å²) in [5.41, 5.74) is 8.89. The van der Waals surface area contributed by atoms with Crippen LogP contribution in [0.4, 0.5) is 17.1 Å². The van der Waals surface area contributed by atoms with Crippen molar-refractivity contribution < 1.29 is 0 Å². The summed E-state index contributed by atoms with van der Waals surface area (Å²) >= 11 is 0. The van der Waals surface area contributed by atoms with Gasteiger partial charge in [0, 0.05) is 25.3 Å². The minimum atomic E-state index is 0.538. The normalized spacial score (nSPS) is 20.8. The molecule has 13 heavy (non-hydrogen) atoms. The molecular formula is C10H15N3. The van der Waals surface area contributed by atoms with E-state index < -0.39 is 0 Å². The molecule has 1 heterocycles. The molecule has 0 fully saturated rings. The molecular weight excluding hydrogens is 162 g/mol. The zero-order valence-electron chi connectivity index (χ0n) is 8.04. The fourth-order valence-corrected chi connectivity index (χ4v) is 1.63. The number of nitrogen functional groups attached to an aromatic ring is 1. The van der Waals surface area contributed by atoms with Gasteiger partial charge in [-0.25, -0.2) is 0 Å². The highest BCUT2D eigenvalue weighted by Crippen LogP contribution is 2.31. The highest BCUT2D eigenvalue weighted by atomic mass is 15.2. The first-order valence-corrected chi connectivity index (χ1v) is 4.54. The van der Waals surface area contributed by atoms with Crippen LogP contribution in [0, 0.1) is 0 Å². The molecule has 1 aliphatic heterocycles. The van der Waals surface area contributed by atoms with Crippen LogP contribution in [0.25, 0.3) is 0 Å². The molecule has 3 N–H and O–H groups in total. The second-order valence-corrected chi connectivity index (χ2v) is 3.62. The van der Waals surface area contributed by atoms with Crippen molar-refractivity contribution in [1.82, 2.24) is 0 Å². The third-order valence-electron chi connectivity index (χ3n) is 2.65. The standard InChI is InChI=1S/C10H15N3/c1-7-6-12-9-5-8(11)3-4-10(9)13(7)2/h3-5,7,12H,6,11H2,1-2H3. The van der Waals surface area contributed by atoms with Crippen molar-refractivity contribution in [1.29, 1.82) is 0 Å². The third-order valence-corrected chi connectivity index (χ3v) is 2.65. The largest absolute Gasteiger partial charge is 0.399 e. The first-order valence-electron chi connectivity index (χ1n) is 4.54. The number of nitrogens with two attached hydrogens (primary N) is 1. The van der Waals surface area contributed by atoms with Gasteiger partial charge in [-0.2, -0.15) is 0 Å². The predicted octanol–water partition coefficient (Wildman–Crippen LogP) is 1.52. The van der Waals surface area contributed by atoms with Crippen LogP contribution in [0.1, 0.15) is 6.92 Å². The Morgan fingerprint density at radius 2 is 2.31 bits per heavy atom. The van der Waals surface area contributed by atoms with Crippen molar-refractivity contribution in [3.63, 3.8) is 0 Å². The number of nitrogens with one attached hydrogen (secondary N) is 1. The Morgan fingerprint density at radius 1 is 1.54 bits per heavy atom. The van der Waals surface area contributed by atoms with Crippen molar-refractivity contribution in [2.24, 2.45) is 0 Å². The molecule has 1 aliphatic rings. The molecule has 0 bridgehead atoms. The zero-order valence-corrected chi connectivity index (χ0v) is 8.04. The van der Waals surface area contributed by atoms with Gasteiger partial charge in [0.05, 0.1) is 11.4 Å². The van der Waals surface area contributed by atoms with Gasteiger partial charge >= 0.3 is 0 Å². The number of nitrogens with zero attached hydrogens (tertiary/aromatic N) is 1. The van der Waals surface area contributed by atoms with Crippen LogP contribution < -0.4 is 16.0 Å². The summed E-state index contributed by atoms with van der Waals surface area (Å²) in [5.74, 6) is 0. The number of hydrogen-bond donors (Lipinski definition) is 2. The molecule has 3 nitrogen and oxygen atoms in total. The molecule has 1 aromatic rings. The number of hydrogen-bond acceptors (Lipinski definition) is 3. The number of rotatable bonds is 0. The molecule has 0 amide bonds. The van der Waals surface area contributed by atoms with Crippen LogP contribution in [0.3, 0.4) is 0 Å².